The van der Waals surface area contributed by atoms with Crippen LogP contribution in [0, 0.1) is 5.92 Å². The number of carbonyl (C=O) groups is 1. The third kappa shape index (κ3) is 5.70. The number of fused-ring (bicyclic) bond motifs is 1. The molecule has 2 aromatic carbocycles. The lowest BCUT2D eigenvalue weighted by Crippen LogP contribution is -2.25. The molecule has 9 heteroatoms. The largest absolute Gasteiger partial charge is 0.324 e. The molecule has 0 spiro atoms. The van der Waals surface area contributed by atoms with E-state index in [0.717, 1.165) is 6.42 Å². The predicted octanol–water partition coefficient (Wildman–Crippen LogP) is 6.13. The summed E-state index contributed by atoms with van der Waals surface area (Å²) in [6.45, 7) is 4.71. The number of rotatable bonds is 7. The Kier molecular flexibility index (Phi) is 7.69. The molecule has 0 radical (unpaired) electrons. The van der Waals surface area contributed by atoms with E-state index in [1.54, 1.807) is 41.0 Å². The summed E-state index contributed by atoms with van der Waals surface area (Å²) in [7, 11) is 0. The Bertz CT molecular complexity index is 1150. The van der Waals surface area contributed by atoms with Gasteiger partial charge in [0.05, 0.1) is 27.4 Å². The minimum absolute atomic E-state index is 0.0686. The van der Waals surface area contributed by atoms with Crippen LogP contribution in [0.25, 0.3) is 10.9 Å². The molecule has 3 aromatic rings. The molecule has 5 nitrogen and oxygen atoms in total. The number of benzene rings is 2. The summed E-state index contributed by atoms with van der Waals surface area (Å²) in [5, 5.41) is 5.08. The number of hydrogen-bond donors (Lipinski definition) is 1. The molecule has 1 heterocycles. The van der Waals surface area contributed by atoms with E-state index in [0.29, 0.717) is 49.3 Å². The summed E-state index contributed by atoms with van der Waals surface area (Å²) in [4.78, 5) is 30.1. The van der Waals surface area contributed by atoms with Crippen molar-refractivity contribution in [2.45, 2.75) is 32.0 Å². The molecule has 0 saturated carbocycles. The lowest BCUT2D eigenvalue weighted by atomic mass is 10.1. The fourth-order valence-electron chi connectivity index (χ4n) is 2.78. The maximum Gasteiger partial charge on any atom is 0.262 e. The van der Waals surface area contributed by atoms with E-state index in [4.69, 9.17) is 34.8 Å². The summed E-state index contributed by atoms with van der Waals surface area (Å²) >= 11 is 19.3. The van der Waals surface area contributed by atoms with E-state index in [1.165, 1.54) is 11.8 Å². The average Bonchev–Trinajstić information content (AvgIpc) is 2.67. The molecule has 0 aliphatic carbocycles. The van der Waals surface area contributed by atoms with Crippen LogP contribution in [0.3, 0.4) is 0 Å². The molecule has 3 rings (SSSR count). The van der Waals surface area contributed by atoms with Gasteiger partial charge in [-0.3, -0.25) is 14.2 Å². The number of nitrogens with one attached hydrogen (secondary N) is 1. The van der Waals surface area contributed by atoms with Gasteiger partial charge in [0.1, 0.15) is 0 Å². The summed E-state index contributed by atoms with van der Waals surface area (Å²) < 4.78 is 1.63. The minimum Gasteiger partial charge on any atom is -0.324 e. The van der Waals surface area contributed by atoms with Crippen molar-refractivity contribution in [1.82, 2.24) is 9.55 Å². The summed E-state index contributed by atoms with van der Waals surface area (Å²) in [6.07, 6.45) is 0.820. The second-order valence-electron chi connectivity index (χ2n) is 7.16. The molecule has 0 saturated heterocycles. The van der Waals surface area contributed by atoms with Gasteiger partial charge in [-0.2, -0.15) is 0 Å². The van der Waals surface area contributed by atoms with Crippen molar-refractivity contribution in [2.24, 2.45) is 5.92 Å². The Balaban J connectivity index is 1.84. The maximum absolute atomic E-state index is 13.0. The maximum atomic E-state index is 13.0. The number of hydrogen-bond acceptors (Lipinski definition) is 4. The Morgan fingerprint density at radius 3 is 2.53 bits per heavy atom. The van der Waals surface area contributed by atoms with Gasteiger partial charge in [-0.15, -0.1) is 0 Å². The zero-order valence-electron chi connectivity index (χ0n) is 16.4. The molecule has 0 atom stereocenters. The van der Waals surface area contributed by atoms with Gasteiger partial charge in [0.15, 0.2) is 5.16 Å². The second kappa shape index (κ2) is 10.1. The zero-order valence-corrected chi connectivity index (χ0v) is 19.5. The molecule has 0 bridgehead atoms. The average molecular weight is 485 g/mol. The first-order valence-corrected chi connectivity index (χ1v) is 11.4. The van der Waals surface area contributed by atoms with E-state index in [-0.39, 0.29) is 17.2 Å². The van der Waals surface area contributed by atoms with Crippen molar-refractivity contribution in [3.63, 3.8) is 0 Å². The van der Waals surface area contributed by atoms with Crippen LogP contribution in [-0.4, -0.2) is 21.2 Å². The van der Waals surface area contributed by atoms with Gasteiger partial charge in [-0.25, -0.2) is 4.98 Å². The highest BCUT2D eigenvalue weighted by Crippen LogP contribution is 2.26. The Hall–Kier alpha value is -1.73. The highest BCUT2D eigenvalue weighted by molar-refractivity contribution is 7.99. The minimum atomic E-state index is -0.264. The van der Waals surface area contributed by atoms with Gasteiger partial charge in [0.25, 0.3) is 5.56 Å². The molecular weight excluding hydrogens is 465 g/mol. The molecule has 1 aromatic heterocycles. The van der Waals surface area contributed by atoms with Gasteiger partial charge in [-0.05, 0) is 48.7 Å². The first kappa shape index (κ1) is 22.9. The quantitative estimate of drug-likeness (QED) is 0.323. The monoisotopic (exact) mass is 483 g/mol. The van der Waals surface area contributed by atoms with Crippen molar-refractivity contribution in [2.75, 3.05) is 11.1 Å². The van der Waals surface area contributed by atoms with E-state index in [9.17, 15) is 9.59 Å². The second-order valence-corrected chi connectivity index (χ2v) is 9.38. The SMILES string of the molecule is CC(C)CCn1c(SCC(=O)Nc2ccc(Cl)cc2Cl)nc2cc(Cl)ccc2c1=O. The Morgan fingerprint density at radius 1 is 1.13 bits per heavy atom. The van der Waals surface area contributed by atoms with Crippen molar-refractivity contribution in [3.05, 3.63) is 61.8 Å². The van der Waals surface area contributed by atoms with Crippen molar-refractivity contribution in [1.29, 1.82) is 0 Å². The Morgan fingerprint density at radius 2 is 1.83 bits per heavy atom. The van der Waals surface area contributed by atoms with Gasteiger partial charge in [0.2, 0.25) is 5.91 Å². The zero-order chi connectivity index (χ0) is 21.8. The molecule has 0 aliphatic rings. The van der Waals surface area contributed by atoms with E-state index < -0.39 is 0 Å². The highest BCUT2D eigenvalue weighted by atomic mass is 35.5. The van der Waals surface area contributed by atoms with Gasteiger partial charge in [-0.1, -0.05) is 60.4 Å². The fraction of sp³-hybridized carbons (Fsp3) is 0.286. The lowest BCUT2D eigenvalue weighted by Gasteiger charge is -2.14. The van der Waals surface area contributed by atoms with E-state index >= 15 is 0 Å². The Labute approximate surface area is 193 Å². The number of halogens is 3. The third-order valence-electron chi connectivity index (χ3n) is 4.35. The van der Waals surface area contributed by atoms with Crippen molar-refractivity contribution >= 4 is 69.1 Å². The van der Waals surface area contributed by atoms with Crippen LogP contribution >= 0.6 is 46.6 Å². The molecule has 0 unspecified atom stereocenters. The van der Waals surface area contributed by atoms with Crippen molar-refractivity contribution < 1.29 is 4.79 Å². The van der Waals surface area contributed by atoms with Crippen LogP contribution in [0.1, 0.15) is 20.3 Å². The molecular formula is C21H20Cl3N3O2S. The van der Waals surface area contributed by atoms with Crippen LogP contribution in [0.15, 0.2) is 46.3 Å². The van der Waals surface area contributed by atoms with Crippen LogP contribution in [0.2, 0.25) is 15.1 Å². The number of nitrogens with zero attached hydrogens (tertiary/aromatic N) is 2. The van der Waals surface area contributed by atoms with Gasteiger partial charge >= 0.3 is 0 Å². The van der Waals surface area contributed by atoms with Crippen molar-refractivity contribution in [3.8, 4) is 0 Å². The van der Waals surface area contributed by atoms with E-state index in [1.807, 2.05) is 0 Å². The topological polar surface area (TPSA) is 64.0 Å². The lowest BCUT2D eigenvalue weighted by molar-refractivity contribution is -0.113. The van der Waals surface area contributed by atoms with Crippen LogP contribution in [-0.2, 0) is 11.3 Å². The molecule has 0 fully saturated rings. The smallest absolute Gasteiger partial charge is 0.262 e. The first-order valence-electron chi connectivity index (χ1n) is 9.32. The van der Waals surface area contributed by atoms with Crippen LogP contribution in [0.5, 0.6) is 0 Å². The fourth-order valence-corrected chi connectivity index (χ4v) is 4.22. The highest BCUT2D eigenvalue weighted by Gasteiger charge is 2.15. The van der Waals surface area contributed by atoms with Gasteiger partial charge < -0.3 is 5.32 Å². The number of aromatic nitrogens is 2. The standard InChI is InChI=1S/C21H20Cl3N3O2S/c1-12(2)7-8-27-20(29)15-5-3-14(23)10-18(15)26-21(27)30-11-19(28)25-17-6-4-13(22)9-16(17)24/h3-6,9-10,12H,7-8,11H2,1-2H3,(H,25,28). The predicted molar refractivity (Wildman–Crippen MR) is 126 cm³/mol. The molecule has 0 aliphatic heterocycles. The van der Waals surface area contributed by atoms with Gasteiger partial charge in [0, 0.05) is 16.6 Å². The summed E-state index contributed by atoms with van der Waals surface area (Å²) in [5.41, 5.74) is 0.847. The van der Waals surface area contributed by atoms with Crippen LogP contribution in [0.4, 0.5) is 5.69 Å². The normalized spacial score (nSPS) is 11.3. The molecule has 158 valence electrons. The molecule has 1 N–H and O–H groups in total. The molecule has 30 heavy (non-hydrogen) atoms. The number of amides is 1. The first-order chi connectivity index (χ1) is 14.2. The van der Waals surface area contributed by atoms with Crippen LogP contribution < -0.4 is 10.9 Å². The number of thioether (sulfide) groups is 1. The summed E-state index contributed by atoms with van der Waals surface area (Å²) in [5.74, 6) is 0.227. The number of carbonyl (C=O) groups excluding carboxylic acids is 1. The molecule has 1 amide bonds. The summed E-state index contributed by atoms with van der Waals surface area (Å²) in [6, 6.07) is 9.86. The number of anilines is 1. The third-order valence-corrected chi connectivity index (χ3v) is 6.11. The van der Waals surface area contributed by atoms with E-state index in [2.05, 4.69) is 24.1 Å².